The maximum Gasteiger partial charge on any atom is 0.271 e. The number of benzene rings is 1. The number of aromatic amines is 1. The van der Waals surface area contributed by atoms with Crippen LogP contribution >= 0.6 is 0 Å². The number of imidazole rings is 1. The van der Waals surface area contributed by atoms with Gasteiger partial charge in [0.15, 0.2) is 0 Å². The predicted molar refractivity (Wildman–Crippen MR) is 95.5 cm³/mol. The van der Waals surface area contributed by atoms with Crippen molar-refractivity contribution in [1.82, 2.24) is 30.4 Å². The van der Waals surface area contributed by atoms with Crippen molar-refractivity contribution in [2.45, 2.75) is 25.3 Å². The molecule has 0 saturated carbocycles. The molecule has 1 amide bonds. The number of piperidine rings is 1. The van der Waals surface area contributed by atoms with Crippen LogP contribution in [0.25, 0.3) is 11.0 Å². The van der Waals surface area contributed by atoms with Crippen LogP contribution in [-0.4, -0.2) is 45.3 Å². The van der Waals surface area contributed by atoms with Gasteiger partial charge in [-0.05, 0) is 37.6 Å². The maximum absolute atomic E-state index is 12.3. The van der Waals surface area contributed by atoms with Gasteiger partial charge in [0.05, 0.1) is 17.1 Å². The molecule has 7 heteroatoms. The largest absolute Gasteiger partial charge is 0.350 e. The number of amides is 1. The minimum atomic E-state index is -0.140. The molecule has 1 aliphatic rings. The summed E-state index contributed by atoms with van der Waals surface area (Å²) in [5.41, 5.74) is 2.43. The van der Waals surface area contributed by atoms with E-state index < -0.39 is 0 Å². The first-order chi connectivity index (χ1) is 12.3. The van der Waals surface area contributed by atoms with Gasteiger partial charge in [0.1, 0.15) is 11.5 Å². The molecule has 0 radical (unpaired) electrons. The Morgan fingerprint density at radius 3 is 3.08 bits per heavy atom. The van der Waals surface area contributed by atoms with E-state index in [1.54, 1.807) is 6.07 Å². The lowest BCUT2D eigenvalue weighted by molar-refractivity contribution is 0.0947. The van der Waals surface area contributed by atoms with Gasteiger partial charge in [0.2, 0.25) is 0 Å². The third-order valence-corrected chi connectivity index (χ3v) is 4.57. The van der Waals surface area contributed by atoms with Crippen LogP contribution in [0, 0.1) is 0 Å². The van der Waals surface area contributed by atoms with E-state index in [4.69, 9.17) is 0 Å². The van der Waals surface area contributed by atoms with Gasteiger partial charge in [0, 0.05) is 25.7 Å². The summed E-state index contributed by atoms with van der Waals surface area (Å²) in [6.45, 7) is 2.50. The number of rotatable bonds is 5. The number of carbonyl (C=O) groups excluding carboxylic acids is 1. The molecule has 130 valence electrons. The number of nitrogens with zero attached hydrogens (tertiary/aromatic N) is 3. The van der Waals surface area contributed by atoms with Crippen molar-refractivity contribution in [3.05, 3.63) is 48.0 Å². The summed E-state index contributed by atoms with van der Waals surface area (Å²) in [4.78, 5) is 20.1. The number of carbonyl (C=O) groups is 1. The van der Waals surface area contributed by atoms with Crippen molar-refractivity contribution >= 4 is 16.9 Å². The van der Waals surface area contributed by atoms with Gasteiger partial charge in [-0.3, -0.25) is 9.48 Å². The summed E-state index contributed by atoms with van der Waals surface area (Å²) in [5.74, 6) is 0.735. The smallest absolute Gasteiger partial charge is 0.271 e. The molecule has 3 N–H and O–H groups in total. The van der Waals surface area contributed by atoms with Crippen LogP contribution in [0.1, 0.15) is 35.2 Å². The van der Waals surface area contributed by atoms with E-state index in [1.807, 2.05) is 35.1 Å². The van der Waals surface area contributed by atoms with Gasteiger partial charge in [-0.2, -0.15) is 5.10 Å². The zero-order valence-corrected chi connectivity index (χ0v) is 14.0. The molecule has 7 nitrogen and oxygen atoms in total. The molecule has 1 aliphatic heterocycles. The SMILES string of the molecule is O=C(NCCc1nc2ccccc2[nH]1)c1ccn(C2CCCNC2)n1. The topological polar surface area (TPSA) is 87.6 Å². The summed E-state index contributed by atoms with van der Waals surface area (Å²) in [6, 6.07) is 10.0. The Bertz CT molecular complexity index is 828. The molecule has 3 heterocycles. The lowest BCUT2D eigenvalue weighted by Crippen LogP contribution is -2.32. The Balaban J connectivity index is 1.32. The fourth-order valence-electron chi connectivity index (χ4n) is 3.23. The van der Waals surface area contributed by atoms with Crippen LogP contribution in [0.15, 0.2) is 36.5 Å². The van der Waals surface area contributed by atoms with E-state index in [2.05, 4.69) is 25.7 Å². The Labute approximate surface area is 145 Å². The molecule has 1 saturated heterocycles. The highest BCUT2D eigenvalue weighted by atomic mass is 16.1. The second-order valence-corrected chi connectivity index (χ2v) is 6.39. The standard InChI is InChI=1S/C18H22N6O/c25-18(16-8-11-24(23-16)13-4-3-9-19-12-13)20-10-7-17-21-14-5-1-2-6-15(14)22-17/h1-2,5-6,8,11,13,19H,3-4,7,9-10,12H2,(H,20,25)(H,21,22). The monoisotopic (exact) mass is 338 g/mol. The van der Waals surface area contributed by atoms with Crippen molar-refractivity contribution < 1.29 is 4.79 Å². The van der Waals surface area contributed by atoms with Crippen LogP contribution in [0.4, 0.5) is 0 Å². The zero-order chi connectivity index (χ0) is 17.1. The number of hydrogen-bond acceptors (Lipinski definition) is 4. The first kappa shape index (κ1) is 15.8. The van der Waals surface area contributed by atoms with Gasteiger partial charge >= 0.3 is 0 Å². The Morgan fingerprint density at radius 1 is 1.32 bits per heavy atom. The summed E-state index contributed by atoms with van der Waals surface area (Å²) in [6.07, 6.45) is 4.80. The van der Waals surface area contributed by atoms with Gasteiger partial charge in [-0.15, -0.1) is 0 Å². The van der Waals surface area contributed by atoms with Crippen molar-refractivity contribution in [3.8, 4) is 0 Å². The zero-order valence-electron chi connectivity index (χ0n) is 14.0. The fraction of sp³-hybridized carbons (Fsp3) is 0.389. The highest BCUT2D eigenvalue weighted by Gasteiger charge is 2.17. The van der Waals surface area contributed by atoms with Gasteiger partial charge in [-0.1, -0.05) is 12.1 Å². The van der Waals surface area contributed by atoms with Gasteiger partial charge < -0.3 is 15.6 Å². The molecular weight excluding hydrogens is 316 g/mol. The second-order valence-electron chi connectivity index (χ2n) is 6.39. The van der Waals surface area contributed by atoms with E-state index >= 15 is 0 Å². The van der Waals surface area contributed by atoms with Crippen molar-refractivity contribution in [2.24, 2.45) is 0 Å². The van der Waals surface area contributed by atoms with E-state index in [0.717, 1.165) is 42.8 Å². The minimum absolute atomic E-state index is 0.140. The molecule has 0 spiro atoms. The lowest BCUT2D eigenvalue weighted by atomic mass is 10.1. The van der Waals surface area contributed by atoms with Crippen molar-refractivity contribution in [3.63, 3.8) is 0 Å². The Hall–Kier alpha value is -2.67. The first-order valence-electron chi connectivity index (χ1n) is 8.77. The minimum Gasteiger partial charge on any atom is -0.350 e. The van der Waals surface area contributed by atoms with E-state index in [-0.39, 0.29) is 5.91 Å². The molecule has 1 unspecified atom stereocenters. The fourth-order valence-corrected chi connectivity index (χ4v) is 3.23. The average Bonchev–Trinajstić information content (AvgIpc) is 3.29. The number of H-pyrrole nitrogens is 1. The molecular formula is C18H22N6O. The number of para-hydroxylation sites is 2. The van der Waals surface area contributed by atoms with Gasteiger partial charge in [-0.25, -0.2) is 4.98 Å². The molecule has 1 aromatic carbocycles. The number of nitrogens with one attached hydrogen (secondary N) is 3. The van der Waals surface area contributed by atoms with Crippen molar-refractivity contribution in [1.29, 1.82) is 0 Å². The molecule has 0 bridgehead atoms. The number of aromatic nitrogens is 4. The molecule has 4 rings (SSSR count). The van der Waals surface area contributed by atoms with Crippen LogP contribution in [0.5, 0.6) is 0 Å². The third kappa shape index (κ3) is 3.56. The lowest BCUT2D eigenvalue weighted by Gasteiger charge is -2.22. The number of hydrogen-bond donors (Lipinski definition) is 3. The summed E-state index contributed by atoms with van der Waals surface area (Å²) >= 11 is 0. The quantitative estimate of drug-likeness (QED) is 0.660. The van der Waals surface area contributed by atoms with Crippen LogP contribution < -0.4 is 10.6 Å². The molecule has 1 fully saturated rings. The van der Waals surface area contributed by atoms with Crippen molar-refractivity contribution in [2.75, 3.05) is 19.6 Å². The molecule has 1 atom stereocenters. The maximum atomic E-state index is 12.3. The van der Waals surface area contributed by atoms with Gasteiger partial charge in [0.25, 0.3) is 5.91 Å². The molecule has 2 aromatic heterocycles. The predicted octanol–water partition coefficient (Wildman–Crippen LogP) is 1.66. The van der Waals surface area contributed by atoms with E-state index in [0.29, 0.717) is 24.7 Å². The normalized spacial score (nSPS) is 17.7. The average molecular weight is 338 g/mol. The van der Waals surface area contributed by atoms with Crippen LogP contribution in [0.3, 0.4) is 0 Å². The Kier molecular flexibility index (Phi) is 4.47. The summed E-state index contributed by atoms with van der Waals surface area (Å²) in [5, 5.41) is 10.7. The molecule has 25 heavy (non-hydrogen) atoms. The van der Waals surface area contributed by atoms with E-state index in [9.17, 15) is 4.79 Å². The highest BCUT2D eigenvalue weighted by molar-refractivity contribution is 5.92. The van der Waals surface area contributed by atoms with Crippen LogP contribution in [0.2, 0.25) is 0 Å². The Morgan fingerprint density at radius 2 is 2.24 bits per heavy atom. The number of fused-ring (bicyclic) bond motifs is 1. The van der Waals surface area contributed by atoms with Crippen LogP contribution in [-0.2, 0) is 6.42 Å². The first-order valence-corrected chi connectivity index (χ1v) is 8.77. The second kappa shape index (κ2) is 7.06. The third-order valence-electron chi connectivity index (χ3n) is 4.57. The molecule has 0 aliphatic carbocycles. The summed E-state index contributed by atoms with van der Waals surface area (Å²) in [7, 11) is 0. The summed E-state index contributed by atoms with van der Waals surface area (Å²) < 4.78 is 1.90. The van der Waals surface area contributed by atoms with E-state index in [1.165, 1.54) is 0 Å². The molecule has 3 aromatic rings. The highest BCUT2D eigenvalue weighted by Crippen LogP contribution is 2.15.